The normalized spacial score (nSPS) is 10.8. The molecule has 114 valence electrons. The molecule has 0 unspecified atom stereocenters. The van der Waals surface area contributed by atoms with Gasteiger partial charge < -0.3 is 10.1 Å². The molecule has 1 aromatic rings. The molecule has 0 aromatic carbocycles. The van der Waals surface area contributed by atoms with Gasteiger partial charge in [-0.15, -0.1) is 0 Å². The zero-order chi connectivity index (χ0) is 14.8. The zero-order valence-electron chi connectivity index (χ0n) is 13.4. The van der Waals surface area contributed by atoms with Crippen LogP contribution in [0.1, 0.15) is 71.3 Å². The van der Waals surface area contributed by atoms with Crippen LogP contribution < -0.4 is 10.1 Å². The van der Waals surface area contributed by atoms with Gasteiger partial charge in [0.1, 0.15) is 12.1 Å². The Kier molecular flexibility index (Phi) is 8.00. The zero-order valence-corrected chi connectivity index (χ0v) is 13.4. The first-order chi connectivity index (χ1) is 9.70. The largest absolute Gasteiger partial charge is 0.477 e. The highest BCUT2D eigenvalue weighted by Gasteiger charge is 2.15. The Morgan fingerprint density at radius 1 is 1.10 bits per heavy atom. The molecule has 0 aliphatic heterocycles. The van der Waals surface area contributed by atoms with Crippen LogP contribution in [0.3, 0.4) is 0 Å². The van der Waals surface area contributed by atoms with Crippen LogP contribution in [0.2, 0.25) is 0 Å². The van der Waals surface area contributed by atoms with Gasteiger partial charge in [-0.05, 0) is 18.8 Å². The van der Waals surface area contributed by atoms with E-state index in [-0.39, 0.29) is 0 Å². The van der Waals surface area contributed by atoms with Crippen molar-refractivity contribution in [2.24, 2.45) is 0 Å². The van der Waals surface area contributed by atoms with Crippen LogP contribution in [-0.2, 0) is 0 Å². The molecule has 1 heterocycles. The molecule has 0 amide bonds. The lowest BCUT2D eigenvalue weighted by atomic mass is 10.1. The SMILES string of the molecule is CCCCCCOc1ncnc(NCCC)c1C(C)C. The summed E-state index contributed by atoms with van der Waals surface area (Å²) in [5.41, 5.74) is 1.09. The second kappa shape index (κ2) is 9.56. The highest BCUT2D eigenvalue weighted by atomic mass is 16.5. The molecule has 0 saturated heterocycles. The fourth-order valence-electron chi connectivity index (χ4n) is 2.10. The van der Waals surface area contributed by atoms with Crippen molar-refractivity contribution in [3.8, 4) is 5.88 Å². The van der Waals surface area contributed by atoms with Crippen LogP contribution in [0.15, 0.2) is 6.33 Å². The number of nitrogens with zero attached hydrogens (tertiary/aromatic N) is 2. The first kappa shape index (κ1) is 16.7. The molecule has 1 rings (SSSR count). The molecule has 0 fully saturated rings. The first-order valence-electron chi connectivity index (χ1n) is 7.92. The minimum Gasteiger partial charge on any atom is -0.477 e. The Bertz CT molecular complexity index is 380. The van der Waals surface area contributed by atoms with E-state index in [0.717, 1.165) is 43.3 Å². The number of rotatable bonds is 10. The van der Waals surface area contributed by atoms with Gasteiger partial charge in [0, 0.05) is 6.54 Å². The van der Waals surface area contributed by atoms with Crippen LogP contribution in [0.5, 0.6) is 5.88 Å². The summed E-state index contributed by atoms with van der Waals surface area (Å²) in [6.07, 6.45) is 7.50. The molecule has 0 spiro atoms. The highest BCUT2D eigenvalue weighted by molar-refractivity contribution is 5.50. The maximum Gasteiger partial charge on any atom is 0.222 e. The summed E-state index contributed by atoms with van der Waals surface area (Å²) in [6, 6.07) is 0. The van der Waals surface area contributed by atoms with Gasteiger partial charge >= 0.3 is 0 Å². The summed E-state index contributed by atoms with van der Waals surface area (Å²) >= 11 is 0. The van der Waals surface area contributed by atoms with E-state index in [2.05, 4.69) is 43.0 Å². The van der Waals surface area contributed by atoms with Crippen LogP contribution in [-0.4, -0.2) is 23.1 Å². The third-order valence-electron chi connectivity index (χ3n) is 3.20. The summed E-state index contributed by atoms with van der Waals surface area (Å²) in [5.74, 6) is 2.01. The Balaban J connectivity index is 2.68. The third kappa shape index (κ3) is 5.35. The van der Waals surface area contributed by atoms with Gasteiger partial charge in [0.15, 0.2) is 0 Å². The van der Waals surface area contributed by atoms with Crippen LogP contribution in [0.4, 0.5) is 5.82 Å². The van der Waals surface area contributed by atoms with E-state index < -0.39 is 0 Å². The van der Waals surface area contributed by atoms with Crippen molar-refractivity contribution < 1.29 is 4.74 Å². The van der Waals surface area contributed by atoms with Gasteiger partial charge in [0.2, 0.25) is 5.88 Å². The summed E-state index contributed by atoms with van der Waals surface area (Å²) in [5, 5.41) is 3.36. The Labute approximate surface area is 123 Å². The third-order valence-corrected chi connectivity index (χ3v) is 3.20. The molecule has 0 aliphatic rings. The molecule has 20 heavy (non-hydrogen) atoms. The second-order valence-electron chi connectivity index (χ2n) is 5.43. The van der Waals surface area contributed by atoms with Crippen molar-refractivity contribution in [1.29, 1.82) is 0 Å². The molecule has 1 N–H and O–H groups in total. The fourth-order valence-corrected chi connectivity index (χ4v) is 2.10. The number of anilines is 1. The Hall–Kier alpha value is -1.32. The lowest BCUT2D eigenvalue weighted by Crippen LogP contribution is -2.10. The predicted molar refractivity (Wildman–Crippen MR) is 84.5 cm³/mol. The van der Waals surface area contributed by atoms with Crippen LogP contribution in [0, 0.1) is 0 Å². The van der Waals surface area contributed by atoms with Gasteiger partial charge in [0.25, 0.3) is 0 Å². The average Bonchev–Trinajstić information content (AvgIpc) is 2.44. The summed E-state index contributed by atoms with van der Waals surface area (Å²) in [6.45, 7) is 10.3. The monoisotopic (exact) mass is 279 g/mol. The van der Waals surface area contributed by atoms with Crippen molar-refractivity contribution in [3.63, 3.8) is 0 Å². The van der Waals surface area contributed by atoms with E-state index in [9.17, 15) is 0 Å². The number of hydrogen-bond acceptors (Lipinski definition) is 4. The van der Waals surface area contributed by atoms with E-state index in [1.165, 1.54) is 19.3 Å². The standard InChI is InChI=1S/C16H29N3O/c1-5-7-8-9-11-20-16-14(13(3)4)15(17-10-6-2)18-12-19-16/h12-13H,5-11H2,1-4H3,(H,17,18,19). The Morgan fingerprint density at radius 3 is 2.55 bits per heavy atom. The number of hydrogen-bond donors (Lipinski definition) is 1. The van der Waals surface area contributed by atoms with E-state index in [4.69, 9.17) is 4.74 Å². The van der Waals surface area contributed by atoms with E-state index >= 15 is 0 Å². The molecule has 0 aliphatic carbocycles. The number of unbranched alkanes of at least 4 members (excludes halogenated alkanes) is 3. The van der Waals surface area contributed by atoms with Gasteiger partial charge in [0.05, 0.1) is 12.2 Å². The lowest BCUT2D eigenvalue weighted by molar-refractivity contribution is 0.289. The minimum atomic E-state index is 0.348. The minimum absolute atomic E-state index is 0.348. The summed E-state index contributed by atoms with van der Waals surface area (Å²) < 4.78 is 5.87. The second-order valence-corrected chi connectivity index (χ2v) is 5.43. The van der Waals surface area contributed by atoms with Gasteiger partial charge in [-0.1, -0.05) is 47.0 Å². The van der Waals surface area contributed by atoms with Gasteiger partial charge in [-0.3, -0.25) is 0 Å². The number of ether oxygens (including phenoxy) is 1. The van der Waals surface area contributed by atoms with Crippen molar-refractivity contribution in [1.82, 2.24) is 9.97 Å². The lowest BCUT2D eigenvalue weighted by Gasteiger charge is -2.17. The highest BCUT2D eigenvalue weighted by Crippen LogP contribution is 2.30. The molecule has 0 radical (unpaired) electrons. The van der Waals surface area contributed by atoms with Crippen LogP contribution in [0.25, 0.3) is 0 Å². The van der Waals surface area contributed by atoms with Gasteiger partial charge in [-0.25, -0.2) is 9.97 Å². The van der Waals surface area contributed by atoms with Crippen LogP contribution >= 0.6 is 0 Å². The molecule has 0 atom stereocenters. The quantitative estimate of drug-likeness (QED) is 0.646. The van der Waals surface area contributed by atoms with Crippen molar-refractivity contribution in [2.45, 2.75) is 65.7 Å². The summed E-state index contributed by atoms with van der Waals surface area (Å²) in [4.78, 5) is 8.67. The maximum absolute atomic E-state index is 5.87. The average molecular weight is 279 g/mol. The van der Waals surface area contributed by atoms with E-state index in [1.807, 2.05) is 0 Å². The number of aromatic nitrogens is 2. The number of nitrogens with one attached hydrogen (secondary N) is 1. The fraction of sp³-hybridized carbons (Fsp3) is 0.750. The predicted octanol–water partition coefficient (Wildman–Crippen LogP) is 4.38. The molecular formula is C16H29N3O. The first-order valence-corrected chi connectivity index (χ1v) is 7.92. The topological polar surface area (TPSA) is 47.0 Å². The van der Waals surface area contributed by atoms with Crippen molar-refractivity contribution >= 4 is 5.82 Å². The molecule has 0 saturated carbocycles. The molecule has 4 heteroatoms. The van der Waals surface area contributed by atoms with Crippen molar-refractivity contribution in [2.75, 3.05) is 18.5 Å². The Morgan fingerprint density at radius 2 is 1.90 bits per heavy atom. The molecule has 1 aromatic heterocycles. The smallest absolute Gasteiger partial charge is 0.222 e. The van der Waals surface area contributed by atoms with Gasteiger partial charge in [-0.2, -0.15) is 0 Å². The summed E-state index contributed by atoms with van der Waals surface area (Å²) in [7, 11) is 0. The van der Waals surface area contributed by atoms with E-state index in [1.54, 1.807) is 6.33 Å². The maximum atomic E-state index is 5.87. The molecule has 4 nitrogen and oxygen atoms in total. The molecular weight excluding hydrogens is 250 g/mol. The molecule has 0 bridgehead atoms. The van der Waals surface area contributed by atoms with Crippen molar-refractivity contribution in [3.05, 3.63) is 11.9 Å². The van der Waals surface area contributed by atoms with E-state index in [0.29, 0.717) is 5.92 Å².